The van der Waals surface area contributed by atoms with Crippen LogP contribution in [0.15, 0.2) is 95.4 Å². The first-order valence-corrected chi connectivity index (χ1v) is 11.1. The van der Waals surface area contributed by atoms with Gasteiger partial charge in [-0.15, -0.1) is 0 Å². The molecule has 4 aromatic carbocycles. The number of hydrogen-bond donors (Lipinski definition) is 0. The van der Waals surface area contributed by atoms with E-state index in [1.54, 1.807) is 6.07 Å². The van der Waals surface area contributed by atoms with E-state index >= 15 is 0 Å². The zero-order valence-electron chi connectivity index (χ0n) is 18.3. The minimum Gasteiger partial charge on any atom is -0.455 e. The summed E-state index contributed by atoms with van der Waals surface area (Å²) < 4.78 is 22.3. The van der Waals surface area contributed by atoms with Gasteiger partial charge in [0.2, 0.25) is 0 Å². The van der Waals surface area contributed by atoms with Crippen LogP contribution < -0.4 is 0 Å². The van der Waals surface area contributed by atoms with E-state index in [1.807, 2.05) is 55.5 Å². The molecule has 0 bridgehead atoms. The molecule has 34 heavy (non-hydrogen) atoms. The Kier molecular flexibility index (Phi) is 3.91. The van der Waals surface area contributed by atoms with Gasteiger partial charge in [-0.25, -0.2) is 14.4 Å². The number of rotatable bonds is 2. The molecule has 0 N–H and O–H groups in total. The Balaban J connectivity index is 1.66. The third-order valence-corrected chi connectivity index (χ3v) is 6.42. The van der Waals surface area contributed by atoms with E-state index in [-0.39, 0.29) is 5.82 Å². The molecule has 0 aliphatic rings. The smallest absolute Gasteiger partial charge is 0.179 e. The number of furan rings is 1. The lowest BCUT2D eigenvalue weighted by molar-refractivity contribution is 0.618. The maximum Gasteiger partial charge on any atom is 0.179 e. The van der Waals surface area contributed by atoms with Gasteiger partial charge in [-0.05, 0) is 37.3 Å². The Morgan fingerprint density at radius 1 is 0.735 bits per heavy atom. The number of pyridine rings is 1. The lowest BCUT2D eigenvalue weighted by atomic mass is 10.1. The molecule has 0 amide bonds. The second-order valence-electron chi connectivity index (χ2n) is 8.45. The Morgan fingerprint density at radius 3 is 2.35 bits per heavy atom. The predicted octanol–water partition coefficient (Wildman–Crippen LogP) is 7.59. The van der Waals surface area contributed by atoms with Gasteiger partial charge >= 0.3 is 0 Å². The van der Waals surface area contributed by atoms with Crippen molar-refractivity contribution in [3.05, 3.63) is 103 Å². The minimum absolute atomic E-state index is 0.323. The molecule has 7 aromatic rings. The molecule has 0 spiro atoms. The lowest BCUT2D eigenvalue weighted by Crippen LogP contribution is -1.98. The summed E-state index contributed by atoms with van der Waals surface area (Å²) in [5.74, 6) is 0.408. The van der Waals surface area contributed by atoms with Crippen LogP contribution in [-0.2, 0) is 0 Å². The molecule has 0 unspecified atom stereocenters. The van der Waals surface area contributed by atoms with Crippen molar-refractivity contribution in [3.63, 3.8) is 0 Å². The number of hydrogen-bond acceptors (Lipinski definition) is 3. The van der Waals surface area contributed by atoms with Crippen molar-refractivity contribution < 1.29 is 8.81 Å². The van der Waals surface area contributed by atoms with E-state index in [9.17, 15) is 4.39 Å². The van der Waals surface area contributed by atoms with E-state index in [4.69, 9.17) is 14.4 Å². The zero-order chi connectivity index (χ0) is 22.8. The van der Waals surface area contributed by atoms with E-state index < -0.39 is 0 Å². The number of aryl methyl sites for hydroxylation is 1. The van der Waals surface area contributed by atoms with E-state index in [2.05, 4.69) is 28.8 Å². The monoisotopic (exact) mass is 443 g/mol. The zero-order valence-corrected chi connectivity index (χ0v) is 18.3. The highest BCUT2D eigenvalue weighted by atomic mass is 19.1. The normalized spacial score (nSPS) is 11.8. The summed E-state index contributed by atoms with van der Waals surface area (Å²) in [5, 5.41) is 3.98. The summed E-state index contributed by atoms with van der Waals surface area (Å²) in [6.07, 6.45) is 0. The second kappa shape index (κ2) is 6.99. The maximum atomic E-state index is 13.9. The van der Waals surface area contributed by atoms with Gasteiger partial charge in [0.1, 0.15) is 22.5 Å². The van der Waals surface area contributed by atoms with Crippen LogP contribution in [0.4, 0.5) is 4.39 Å². The van der Waals surface area contributed by atoms with E-state index in [0.29, 0.717) is 16.8 Å². The number of para-hydroxylation sites is 2. The maximum absolute atomic E-state index is 13.9. The van der Waals surface area contributed by atoms with Crippen molar-refractivity contribution in [2.75, 3.05) is 0 Å². The predicted molar refractivity (Wildman–Crippen MR) is 134 cm³/mol. The molecule has 3 aromatic heterocycles. The van der Waals surface area contributed by atoms with Crippen LogP contribution in [-0.4, -0.2) is 14.5 Å². The largest absolute Gasteiger partial charge is 0.455 e. The average molecular weight is 443 g/mol. The number of benzene rings is 4. The SMILES string of the molecule is Cc1nc2nc(-c3cccc4c3oc3cc(F)ccc34)n(-c3ccccc3)c2c2ccccc12. The standard InChI is InChI=1S/C29H18FN3O/c1-17-20-10-5-6-11-22(20)26-28(31-17)32-29(33(26)19-8-3-2-4-9-19)24-13-7-12-23-21-15-14-18(30)16-25(21)34-27(23)24/h2-16H,1H3. The van der Waals surface area contributed by atoms with Gasteiger partial charge in [0.25, 0.3) is 0 Å². The van der Waals surface area contributed by atoms with Crippen molar-refractivity contribution in [1.82, 2.24) is 14.5 Å². The topological polar surface area (TPSA) is 43.9 Å². The van der Waals surface area contributed by atoms with E-state index in [1.165, 1.54) is 12.1 Å². The fourth-order valence-corrected chi connectivity index (χ4v) is 4.91. The van der Waals surface area contributed by atoms with Crippen molar-refractivity contribution in [2.45, 2.75) is 6.92 Å². The van der Waals surface area contributed by atoms with Crippen LogP contribution in [0.1, 0.15) is 5.69 Å². The van der Waals surface area contributed by atoms with Gasteiger partial charge in [0.15, 0.2) is 11.5 Å². The molecule has 0 fully saturated rings. The molecule has 0 aliphatic heterocycles. The molecule has 0 radical (unpaired) electrons. The van der Waals surface area contributed by atoms with Crippen molar-refractivity contribution >= 4 is 43.9 Å². The summed E-state index contributed by atoms with van der Waals surface area (Å²) in [4.78, 5) is 9.88. The Labute approximate surface area is 193 Å². The van der Waals surface area contributed by atoms with Crippen LogP contribution in [0.2, 0.25) is 0 Å². The van der Waals surface area contributed by atoms with Gasteiger partial charge in [-0.2, -0.15) is 0 Å². The summed E-state index contributed by atoms with van der Waals surface area (Å²) in [5.41, 5.74) is 5.56. The molecule has 3 heterocycles. The molecule has 4 nitrogen and oxygen atoms in total. The minimum atomic E-state index is -0.323. The number of aromatic nitrogens is 3. The Morgan fingerprint density at radius 2 is 1.50 bits per heavy atom. The summed E-state index contributed by atoms with van der Waals surface area (Å²) in [7, 11) is 0. The highest BCUT2D eigenvalue weighted by molar-refractivity contribution is 6.11. The number of nitrogens with zero attached hydrogens (tertiary/aromatic N) is 3. The molecular weight excluding hydrogens is 425 g/mol. The molecule has 5 heteroatoms. The van der Waals surface area contributed by atoms with E-state index in [0.717, 1.165) is 49.8 Å². The number of halogens is 1. The summed E-state index contributed by atoms with van der Waals surface area (Å²) in [6.45, 7) is 2.01. The molecule has 0 saturated heterocycles. The van der Waals surface area contributed by atoms with Gasteiger partial charge in [0.05, 0.1) is 5.56 Å². The summed E-state index contributed by atoms with van der Waals surface area (Å²) in [6, 6.07) is 29.1. The Bertz CT molecular complexity index is 1880. The first kappa shape index (κ1) is 19.0. The lowest BCUT2D eigenvalue weighted by Gasteiger charge is -2.11. The highest BCUT2D eigenvalue weighted by Crippen LogP contribution is 2.39. The van der Waals surface area contributed by atoms with Crippen LogP contribution in [0, 0.1) is 12.7 Å². The first-order chi connectivity index (χ1) is 16.7. The first-order valence-electron chi connectivity index (χ1n) is 11.1. The van der Waals surface area contributed by atoms with Crippen LogP contribution in [0.25, 0.3) is 61.0 Å². The van der Waals surface area contributed by atoms with Crippen molar-refractivity contribution in [3.8, 4) is 17.1 Å². The highest BCUT2D eigenvalue weighted by Gasteiger charge is 2.22. The molecular formula is C29H18FN3O. The van der Waals surface area contributed by atoms with Crippen molar-refractivity contribution in [2.24, 2.45) is 0 Å². The summed E-state index contributed by atoms with van der Waals surface area (Å²) >= 11 is 0. The molecule has 7 rings (SSSR count). The third kappa shape index (κ3) is 2.64. The third-order valence-electron chi connectivity index (χ3n) is 6.42. The van der Waals surface area contributed by atoms with Crippen LogP contribution in [0.3, 0.4) is 0 Å². The second-order valence-corrected chi connectivity index (χ2v) is 8.45. The Hall–Kier alpha value is -4.51. The quantitative estimate of drug-likeness (QED) is 0.276. The number of fused-ring (bicyclic) bond motifs is 6. The fourth-order valence-electron chi connectivity index (χ4n) is 4.91. The number of imidazole rings is 1. The van der Waals surface area contributed by atoms with Crippen LogP contribution in [0.5, 0.6) is 0 Å². The van der Waals surface area contributed by atoms with Gasteiger partial charge in [-0.1, -0.05) is 54.6 Å². The van der Waals surface area contributed by atoms with Gasteiger partial charge in [0, 0.05) is 39.0 Å². The molecule has 0 aliphatic carbocycles. The van der Waals surface area contributed by atoms with Crippen LogP contribution >= 0.6 is 0 Å². The average Bonchev–Trinajstić information content (AvgIpc) is 3.42. The van der Waals surface area contributed by atoms with Gasteiger partial charge in [-0.3, -0.25) is 4.57 Å². The molecule has 162 valence electrons. The van der Waals surface area contributed by atoms with Gasteiger partial charge < -0.3 is 4.42 Å². The fraction of sp³-hybridized carbons (Fsp3) is 0.0345. The van der Waals surface area contributed by atoms with Crippen molar-refractivity contribution in [1.29, 1.82) is 0 Å². The molecule has 0 atom stereocenters. The molecule has 0 saturated carbocycles.